The van der Waals surface area contributed by atoms with Crippen molar-refractivity contribution in [3.63, 3.8) is 0 Å². The van der Waals surface area contributed by atoms with Crippen LogP contribution in [0.25, 0.3) is 6.08 Å². The quantitative estimate of drug-likeness (QED) is 0.558. The van der Waals surface area contributed by atoms with Gasteiger partial charge in [0.25, 0.3) is 5.91 Å². The SMILES string of the molecule is CCOC(=O)/C=C/c1ccc(NC(=O)c2cccc(NC(=O)C(C)(C)C)c2)cc1. The van der Waals surface area contributed by atoms with Crippen molar-refractivity contribution in [1.29, 1.82) is 0 Å². The third-order valence-electron chi connectivity index (χ3n) is 3.93. The van der Waals surface area contributed by atoms with Gasteiger partial charge >= 0.3 is 5.97 Å². The molecule has 0 aliphatic heterocycles. The summed E-state index contributed by atoms with van der Waals surface area (Å²) in [6, 6.07) is 13.8. The number of esters is 1. The van der Waals surface area contributed by atoms with E-state index in [4.69, 9.17) is 4.74 Å². The van der Waals surface area contributed by atoms with Crippen molar-refractivity contribution < 1.29 is 19.1 Å². The molecule has 2 aromatic carbocycles. The predicted octanol–water partition coefficient (Wildman–Crippen LogP) is 4.50. The van der Waals surface area contributed by atoms with Crippen LogP contribution in [0.3, 0.4) is 0 Å². The van der Waals surface area contributed by atoms with Crippen molar-refractivity contribution in [2.45, 2.75) is 27.7 Å². The van der Waals surface area contributed by atoms with E-state index in [9.17, 15) is 14.4 Å². The second-order valence-electron chi connectivity index (χ2n) is 7.45. The lowest BCUT2D eigenvalue weighted by Crippen LogP contribution is -2.27. The molecule has 6 nitrogen and oxygen atoms in total. The van der Waals surface area contributed by atoms with Crippen molar-refractivity contribution in [3.8, 4) is 0 Å². The van der Waals surface area contributed by atoms with Gasteiger partial charge in [0.2, 0.25) is 5.91 Å². The minimum absolute atomic E-state index is 0.124. The van der Waals surface area contributed by atoms with Gasteiger partial charge in [-0.05, 0) is 48.9 Å². The Kier molecular flexibility index (Phi) is 7.31. The Balaban J connectivity index is 2.02. The van der Waals surface area contributed by atoms with E-state index >= 15 is 0 Å². The van der Waals surface area contributed by atoms with Crippen LogP contribution in [0, 0.1) is 5.41 Å². The number of carbonyl (C=O) groups excluding carboxylic acids is 3. The third kappa shape index (κ3) is 6.92. The average molecular weight is 394 g/mol. The summed E-state index contributed by atoms with van der Waals surface area (Å²) in [7, 11) is 0. The number of rotatable bonds is 6. The molecule has 0 radical (unpaired) electrons. The van der Waals surface area contributed by atoms with Gasteiger partial charge in [-0.15, -0.1) is 0 Å². The van der Waals surface area contributed by atoms with Crippen molar-refractivity contribution in [1.82, 2.24) is 0 Å². The molecule has 0 bridgehead atoms. The topological polar surface area (TPSA) is 84.5 Å². The minimum Gasteiger partial charge on any atom is -0.463 e. The zero-order chi connectivity index (χ0) is 21.4. The molecule has 0 spiro atoms. The van der Waals surface area contributed by atoms with E-state index in [0.29, 0.717) is 23.5 Å². The Hall–Kier alpha value is -3.41. The van der Waals surface area contributed by atoms with Crippen LogP contribution in [0.5, 0.6) is 0 Å². The maximum atomic E-state index is 12.5. The molecule has 0 saturated heterocycles. The first-order valence-electron chi connectivity index (χ1n) is 9.37. The smallest absolute Gasteiger partial charge is 0.330 e. The van der Waals surface area contributed by atoms with Gasteiger partial charge in [-0.1, -0.05) is 39.0 Å². The number of nitrogens with one attached hydrogen (secondary N) is 2. The van der Waals surface area contributed by atoms with Crippen LogP contribution in [0.15, 0.2) is 54.6 Å². The fraction of sp³-hybridized carbons (Fsp3) is 0.261. The van der Waals surface area contributed by atoms with E-state index < -0.39 is 11.4 Å². The van der Waals surface area contributed by atoms with Crippen LogP contribution in [0.2, 0.25) is 0 Å². The van der Waals surface area contributed by atoms with Crippen molar-refractivity contribution in [2.24, 2.45) is 5.41 Å². The standard InChI is InChI=1S/C23H26N2O4/c1-5-29-20(26)14-11-16-9-12-18(13-10-16)24-21(27)17-7-6-8-19(15-17)25-22(28)23(2,3)4/h6-15H,5H2,1-4H3,(H,24,27)(H,25,28)/b14-11+. The summed E-state index contributed by atoms with van der Waals surface area (Å²) in [5.74, 6) is -0.809. The van der Waals surface area contributed by atoms with E-state index in [0.717, 1.165) is 5.56 Å². The lowest BCUT2D eigenvalue weighted by atomic mass is 9.95. The average Bonchev–Trinajstić information content (AvgIpc) is 2.67. The Morgan fingerprint density at radius 2 is 1.66 bits per heavy atom. The second kappa shape index (κ2) is 9.68. The normalized spacial score (nSPS) is 11.2. The molecule has 6 heteroatoms. The third-order valence-corrected chi connectivity index (χ3v) is 3.93. The van der Waals surface area contributed by atoms with Crippen molar-refractivity contribution in [3.05, 3.63) is 65.7 Å². The largest absolute Gasteiger partial charge is 0.463 e. The molecule has 0 fully saturated rings. The Labute approximate surface area is 171 Å². The fourth-order valence-electron chi connectivity index (χ4n) is 2.29. The van der Waals surface area contributed by atoms with Crippen LogP contribution in [-0.2, 0) is 14.3 Å². The molecule has 0 aliphatic rings. The highest BCUT2D eigenvalue weighted by molar-refractivity contribution is 6.05. The van der Waals surface area contributed by atoms with Crippen molar-refractivity contribution >= 4 is 35.2 Å². The van der Waals surface area contributed by atoms with E-state index in [1.54, 1.807) is 61.5 Å². The predicted molar refractivity (Wildman–Crippen MR) is 115 cm³/mol. The van der Waals surface area contributed by atoms with Crippen LogP contribution in [-0.4, -0.2) is 24.4 Å². The highest BCUT2D eigenvalue weighted by Crippen LogP contribution is 2.19. The number of hydrogen-bond donors (Lipinski definition) is 2. The summed E-state index contributed by atoms with van der Waals surface area (Å²) < 4.78 is 4.83. The van der Waals surface area contributed by atoms with E-state index in [-0.39, 0.29) is 11.8 Å². The lowest BCUT2D eigenvalue weighted by Gasteiger charge is -2.18. The van der Waals surface area contributed by atoms with E-state index in [2.05, 4.69) is 10.6 Å². The van der Waals surface area contributed by atoms with Gasteiger partial charge in [-0.3, -0.25) is 9.59 Å². The fourth-order valence-corrected chi connectivity index (χ4v) is 2.29. The number of benzene rings is 2. The second-order valence-corrected chi connectivity index (χ2v) is 7.45. The minimum atomic E-state index is -0.526. The van der Waals surface area contributed by atoms with E-state index in [1.165, 1.54) is 6.08 Å². The first kappa shape index (κ1) is 21.9. The lowest BCUT2D eigenvalue weighted by molar-refractivity contribution is -0.137. The highest BCUT2D eigenvalue weighted by Gasteiger charge is 2.21. The molecule has 0 atom stereocenters. The van der Waals surface area contributed by atoms with Gasteiger partial charge in [0.05, 0.1) is 6.61 Å². The molecular formula is C23H26N2O4. The maximum Gasteiger partial charge on any atom is 0.330 e. The van der Waals surface area contributed by atoms with Gasteiger partial charge in [0.15, 0.2) is 0 Å². The van der Waals surface area contributed by atoms with Gasteiger partial charge in [-0.25, -0.2) is 4.79 Å². The first-order chi connectivity index (χ1) is 13.7. The van der Waals surface area contributed by atoms with Crippen LogP contribution < -0.4 is 10.6 Å². The number of amides is 2. The van der Waals surface area contributed by atoms with Gasteiger partial charge in [-0.2, -0.15) is 0 Å². The number of ether oxygens (including phenoxy) is 1. The van der Waals surface area contributed by atoms with Crippen LogP contribution in [0.1, 0.15) is 43.6 Å². The van der Waals surface area contributed by atoms with Crippen LogP contribution >= 0.6 is 0 Å². The monoisotopic (exact) mass is 394 g/mol. The molecule has 0 aromatic heterocycles. The summed E-state index contributed by atoms with van der Waals surface area (Å²) in [6.07, 6.45) is 3.00. The molecule has 29 heavy (non-hydrogen) atoms. The van der Waals surface area contributed by atoms with Gasteiger partial charge < -0.3 is 15.4 Å². The summed E-state index contributed by atoms with van der Waals surface area (Å²) in [5, 5.41) is 5.63. The molecule has 152 valence electrons. The van der Waals surface area contributed by atoms with E-state index in [1.807, 2.05) is 20.8 Å². The van der Waals surface area contributed by atoms with Gasteiger partial charge in [0.1, 0.15) is 0 Å². The molecule has 2 N–H and O–H groups in total. The van der Waals surface area contributed by atoms with Crippen LogP contribution in [0.4, 0.5) is 11.4 Å². The molecule has 0 saturated carbocycles. The first-order valence-corrected chi connectivity index (χ1v) is 9.37. The molecule has 2 aromatic rings. The molecule has 2 amide bonds. The summed E-state index contributed by atoms with van der Waals surface area (Å²) in [5.41, 5.74) is 1.90. The number of carbonyl (C=O) groups is 3. The summed E-state index contributed by atoms with van der Waals surface area (Å²) in [6.45, 7) is 7.55. The maximum absolute atomic E-state index is 12.5. The summed E-state index contributed by atoms with van der Waals surface area (Å²) >= 11 is 0. The van der Waals surface area contributed by atoms with Crippen molar-refractivity contribution in [2.75, 3.05) is 17.2 Å². The molecule has 2 rings (SSSR count). The Morgan fingerprint density at radius 3 is 2.28 bits per heavy atom. The zero-order valence-electron chi connectivity index (χ0n) is 17.1. The zero-order valence-corrected chi connectivity index (χ0v) is 17.1. The Morgan fingerprint density at radius 1 is 0.966 bits per heavy atom. The molecule has 0 heterocycles. The summed E-state index contributed by atoms with van der Waals surface area (Å²) in [4.78, 5) is 36.0. The number of anilines is 2. The Bertz CT molecular complexity index is 909. The van der Waals surface area contributed by atoms with Gasteiger partial charge in [0, 0.05) is 28.4 Å². The highest BCUT2D eigenvalue weighted by atomic mass is 16.5. The number of hydrogen-bond acceptors (Lipinski definition) is 4. The molecule has 0 unspecified atom stereocenters. The molecule has 0 aliphatic carbocycles. The molecular weight excluding hydrogens is 368 g/mol.